The minimum Gasteiger partial charge on any atom is -0.494 e. The molecule has 0 radical (unpaired) electrons. The Balaban J connectivity index is 1.97. The van der Waals surface area contributed by atoms with Gasteiger partial charge in [-0.2, -0.15) is 0 Å². The van der Waals surface area contributed by atoms with Crippen molar-refractivity contribution in [3.05, 3.63) is 57.0 Å². The van der Waals surface area contributed by atoms with Gasteiger partial charge in [0, 0.05) is 15.5 Å². The van der Waals surface area contributed by atoms with Gasteiger partial charge < -0.3 is 10.1 Å². The molecule has 0 amide bonds. The van der Waals surface area contributed by atoms with E-state index in [-0.39, 0.29) is 0 Å². The van der Waals surface area contributed by atoms with E-state index in [9.17, 15) is 0 Å². The largest absolute Gasteiger partial charge is 0.494 e. The molecule has 0 aromatic heterocycles. The SMILES string of the molecule is CCCOc1ccc(CNc2c(Br)cccc2Br)cc1. The summed E-state index contributed by atoms with van der Waals surface area (Å²) in [4.78, 5) is 0. The number of hydrogen-bond acceptors (Lipinski definition) is 2. The zero-order valence-electron chi connectivity index (χ0n) is 11.3. The van der Waals surface area contributed by atoms with E-state index in [1.54, 1.807) is 0 Å². The fraction of sp³-hybridized carbons (Fsp3) is 0.250. The number of anilines is 1. The highest BCUT2D eigenvalue weighted by atomic mass is 79.9. The van der Waals surface area contributed by atoms with Crippen LogP contribution in [0.2, 0.25) is 0 Å². The minimum absolute atomic E-state index is 0.765. The molecule has 1 N–H and O–H groups in total. The van der Waals surface area contributed by atoms with E-state index in [2.05, 4.69) is 56.2 Å². The molecule has 2 aromatic rings. The smallest absolute Gasteiger partial charge is 0.119 e. The Hall–Kier alpha value is -1.00. The maximum Gasteiger partial charge on any atom is 0.119 e. The lowest BCUT2D eigenvalue weighted by Crippen LogP contribution is -2.01. The Morgan fingerprint density at radius 2 is 1.65 bits per heavy atom. The molecule has 2 rings (SSSR count). The molecule has 4 heteroatoms. The van der Waals surface area contributed by atoms with E-state index in [0.717, 1.165) is 40.0 Å². The predicted octanol–water partition coefficient (Wildman–Crippen LogP) is 5.61. The van der Waals surface area contributed by atoms with Gasteiger partial charge in [-0.1, -0.05) is 25.1 Å². The topological polar surface area (TPSA) is 21.3 Å². The zero-order valence-corrected chi connectivity index (χ0v) is 14.5. The molecule has 0 spiro atoms. The molecule has 0 aliphatic rings. The van der Waals surface area contributed by atoms with Crippen LogP contribution < -0.4 is 10.1 Å². The van der Waals surface area contributed by atoms with Crippen molar-refractivity contribution in [2.45, 2.75) is 19.9 Å². The summed E-state index contributed by atoms with van der Waals surface area (Å²) in [7, 11) is 0. The van der Waals surface area contributed by atoms with E-state index in [1.807, 2.05) is 30.3 Å². The van der Waals surface area contributed by atoms with Crippen molar-refractivity contribution in [1.29, 1.82) is 0 Å². The Morgan fingerprint density at radius 3 is 2.25 bits per heavy atom. The first-order chi connectivity index (χ1) is 9.70. The molecule has 0 fully saturated rings. The second-order valence-electron chi connectivity index (χ2n) is 4.44. The molecule has 0 aliphatic heterocycles. The molecule has 0 heterocycles. The minimum atomic E-state index is 0.765. The summed E-state index contributed by atoms with van der Waals surface area (Å²) in [5, 5.41) is 3.43. The monoisotopic (exact) mass is 397 g/mol. The van der Waals surface area contributed by atoms with Crippen LogP contribution in [0, 0.1) is 0 Å². The molecule has 106 valence electrons. The Morgan fingerprint density at radius 1 is 1.00 bits per heavy atom. The van der Waals surface area contributed by atoms with E-state index in [4.69, 9.17) is 4.74 Å². The Bertz CT molecular complexity index is 535. The number of rotatable bonds is 6. The van der Waals surface area contributed by atoms with Crippen LogP contribution in [0.1, 0.15) is 18.9 Å². The highest BCUT2D eigenvalue weighted by Gasteiger charge is 2.04. The van der Waals surface area contributed by atoms with Gasteiger partial charge in [-0.15, -0.1) is 0 Å². The predicted molar refractivity (Wildman–Crippen MR) is 91.4 cm³/mol. The summed E-state index contributed by atoms with van der Waals surface area (Å²) < 4.78 is 7.68. The lowest BCUT2D eigenvalue weighted by atomic mass is 10.2. The average molecular weight is 399 g/mol. The highest BCUT2D eigenvalue weighted by Crippen LogP contribution is 2.30. The average Bonchev–Trinajstić information content (AvgIpc) is 2.46. The Kier molecular flexibility index (Phi) is 5.92. The van der Waals surface area contributed by atoms with Gasteiger partial charge in [0.1, 0.15) is 5.75 Å². The van der Waals surface area contributed by atoms with Crippen LogP contribution in [-0.4, -0.2) is 6.61 Å². The van der Waals surface area contributed by atoms with Crippen molar-refractivity contribution >= 4 is 37.5 Å². The normalized spacial score (nSPS) is 10.3. The summed E-state index contributed by atoms with van der Waals surface area (Å²) in [6.07, 6.45) is 1.03. The van der Waals surface area contributed by atoms with E-state index in [1.165, 1.54) is 5.56 Å². The van der Waals surface area contributed by atoms with E-state index < -0.39 is 0 Å². The van der Waals surface area contributed by atoms with E-state index >= 15 is 0 Å². The maximum absolute atomic E-state index is 5.58. The van der Waals surface area contributed by atoms with Gasteiger partial charge in [-0.05, 0) is 68.1 Å². The van der Waals surface area contributed by atoms with Crippen LogP contribution >= 0.6 is 31.9 Å². The number of halogens is 2. The lowest BCUT2D eigenvalue weighted by Gasteiger charge is -2.11. The molecular weight excluding hydrogens is 382 g/mol. The zero-order chi connectivity index (χ0) is 14.4. The number of hydrogen-bond donors (Lipinski definition) is 1. The molecule has 2 nitrogen and oxygen atoms in total. The fourth-order valence-electron chi connectivity index (χ4n) is 1.78. The number of para-hydroxylation sites is 1. The van der Waals surface area contributed by atoms with Crippen LogP contribution in [0.4, 0.5) is 5.69 Å². The summed E-state index contributed by atoms with van der Waals surface area (Å²) >= 11 is 7.10. The molecule has 0 aliphatic carbocycles. The summed E-state index contributed by atoms with van der Waals surface area (Å²) in [6.45, 7) is 3.64. The van der Waals surface area contributed by atoms with Crippen LogP contribution in [-0.2, 0) is 6.54 Å². The second-order valence-corrected chi connectivity index (χ2v) is 6.15. The van der Waals surface area contributed by atoms with Crippen molar-refractivity contribution in [1.82, 2.24) is 0 Å². The van der Waals surface area contributed by atoms with Crippen LogP contribution in [0.5, 0.6) is 5.75 Å². The van der Waals surface area contributed by atoms with Crippen LogP contribution in [0.15, 0.2) is 51.4 Å². The van der Waals surface area contributed by atoms with Crippen LogP contribution in [0.3, 0.4) is 0 Å². The first-order valence-electron chi connectivity index (χ1n) is 6.60. The molecule has 0 saturated heterocycles. The molecule has 2 aromatic carbocycles. The first kappa shape index (κ1) is 15.4. The highest BCUT2D eigenvalue weighted by molar-refractivity contribution is 9.11. The fourth-order valence-corrected chi connectivity index (χ4v) is 3.06. The molecule has 0 saturated carbocycles. The Labute approximate surface area is 136 Å². The summed E-state index contributed by atoms with van der Waals surface area (Å²) in [5.41, 5.74) is 2.29. The van der Waals surface area contributed by atoms with Gasteiger partial charge in [0.05, 0.1) is 12.3 Å². The quantitative estimate of drug-likeness (QED) is 0.682. The third-order valence-electron chi connectivity index (χ3n) is 2.83. The van der Waals surface area contributed by atoms with Gasteiger partial charge in [0.25, 0.3) is 0 Å². The van der Waals surface area contributed by atoms with Crippen LogP contribution in [0.25, 0.3) is 0 Å². The van der Waals surface area contributed by atoms with Gasteiger partial charge in [0.2, 0.25) is 0 Å². The van der Waals surface area contributed by atoms with Crippen molar-refractivity contribution in [3.8, 4) is 5.75 Å². The standard InChI is InChI=1S/C16H17Br2NO/c1-2-10-20-13-8-6-12(7-9-13)11-19-16-14(17)4-3-5-15(16)18/h3-9,19H,2,10-11H2,1H3. The van der Waals surface area contributed by atoms with Gasteiger partial charge in [-0.25, -0.2) is 0 Å². The first-order valence-corrected chi connectivity index (χ1v) is 8.19. The second kappa shape index (κ2) is 7.70. The third-order valence-corrected chi connectivity index (χ3v) is 4.15. The van der Waals surface area contributed by atoms with Crippen molar-refractivity contribution < 1.29 is 4.74 Å². The number of benzene rings is 2. The lowest BCUT2D eigenvalue weighted by molar-refractivity contribution is 0.317. The van der Waals surface area contributed by atoms with Crippen molar-refractivity contribution in [3.63, 3.8) is 0 Å². The van der Waals surface area contributed by atoms with Crippen molar-refractivity contribution in [2.75, 3.05) is 11.9 Å². The van der Waals surface area contributed by atoms with Crippen molar-refractivity contribution in [2.24, 2.45) is 0 Å². The van der Waals surface area contributed by atoms with Gasteiger partial charge >= 0.3 is 0 Å². The summed E-state index contributed by atoms with van der Waals surface area (Å²) in [5.74, 6) is 0.928. The van der Waals surface area contributed by atoms with Gasteiger partial charge in [-0.3, -0.25) is 0 Å². The summed E-state index contributed by atoms with van der Waals surface area (Å²) in [6, 6.07) is 14.2. The van der Waals surface area contributed by atoms with Gasteiger partial charge in [0.15, 0.2) is 0 Å². The molecule has 0 unspecified atom stereocenters. The number of nitrogens with one attached hydrogen (secondary N) is 1. The molecule has 0 atom stereocenters. The number of ether oxygens (including phenoxy) is 1. The third kappa shape index (κ3) is 4.25. The molecule has 0 bridgehead atoms. The maximum atomic E-state index is 5.58. The van der Waals surface area contributed by atoms with E-state index in [0.29, 0.717) is 0 Å². The molecular formula is C16H17Br2NO. The molecule has 20 heavy (non-hydrogen) atoms.